The molecule has 0 spiro atoms. The molecule has 13 heavy (non-hydrogen) atoms. The molecule has 0 bridgehead atoms. The summed E-state index contributed by atoms with van der Waals surface area (Å²) in [7, 11) is 0. The number of carbonyl (C=O) groups excluding carboxylic acids is 1. The molecule has 0 radical (unpaired) electrons. The zero-order valence-corrected chi connectivity index (χ0v) is 7.48. The summed E-state index contributed by atoms with van der Waals surface area (Å²) < 4.78 is 34.8. The molecule has 0 aromatic rings. The fraction of sp³-hybridized carbons (Fsp3) is 0.625. The molecule has 0 saturated carbocycles. The van der Waals surface area contributed by atoms with Gasteiger partial charge in [-0.05, 0) is 5.92 Å². The minimum Gasteiger partial charge on any atom is -0.345 e. The van der Waals surface area contributed by atoms with Crippen molar-refractivity contribution >= 4 is 5.91 Å². The lowest BCUT2D eigenvalue weighted by atomic mass is 10.2. The first-order chi connectivity index (χ1) is 5.84. The van der Waals surface area contributed by atoms with Gasteiger partial charge in [-0.3, -0.25) is 4.79 Å². The first kappa shape index (κ1) is 12.0. The van der Waals surface area contributed by atoms with Gasteiger partial charge in [-0.15, -0.1) is 0 Å². The Kier molecular flexibility index (Phi) is 4.51. The van der Waals surface area contributed by atoms with E-state index in [9.17, 15) is 18.0 Å². The predicted molar refractivity (Wildman–Crippen MR) is 43.0 cm³/mol. The first-order valence-electron chi connectivity index (χ1n) is 3.85. The molecule has 2 nitrogen and oxygen atoms in total. The van der Waals surface area contributed by atoms with E-state index in [2.05, 4.69) is 0 Å². The minimum absolute atomic E-state index is 0.0868. The zero-order valence-electron chi connectivity index (χ0n) is 7.48. The van der Waals surface area contributed by atoms with Crippen LogP contribution in [0.1, 0.15) is 13.8 Å². The minimum atomic E-state index is -4.79. The maximum absolute atomic E-state index is 11.6. The second kappa shape index (κ2) is 4.89. The van der Waals surface area contributed by atoms with Gasteiger partial charge in [-0.25, -0.2) is 0 Å². The average Bonchev–Trinajstić information content (AvgIpc) is 1.95. The number of hydrogen-bond donors (Lipinski definition) is 1. The van der Waals surface area contributed by atoms with Gasteiger partial charge >= 0.3 is 12.1 Å². The number of carbonyl (C=O) groups is 1. The molecule has 0 rings (SSSR count). The molecule has 0 aliphatic heterocycles. The van der Waals surface area contributed by atoms with Gasteiger partial charge in [-0.1, -0.05) is 26.0 Å². The molecule has 0 aliphatic rings. The van der Waals surface area contributed by atoms with Crippen molar-refractivity contribution in [2.24, 2.45) is 5.92 Å². The summed E-state index contributed by atoms with van der Waals surface area (Å²) in [6.07, 6.45) is -1.57. The van der Waals surface area contributed by atoms with Gasteiger partial charge in [0.2, 0.25) is 0 Å². The van der Waals surface area contributed by atoms with Gasteiger partial charge in [0.25, 0.3) is 0 Å². The normalized spacial score (nSPS) is 12.5. The highest BCUT2D eigenvalue weighted by Crippen LogP contribution is 2.13. The third-order valence-corrected chi connectivity index (χ3v) is 1.16. The SMILES string of the molecule is CC(C)C=CCNC(=O)C(F)(F)F. The van der Waals surface area contributed by atoms with E-state index in [1.165, 1.54) is 6.08 Å². The lowest BCUT2D eigenvalue weighted by Gasteiger charge is -2.05. The molecule has 0 saturated heterocycles. The number of nitrogens with one attached hydrogen (secondary N) is 1. The molecule has 0 unspecified atom stereocenters. The number of allylic oxidation sites excluding steroid dienone is 1. The smallest absolute Gasteiger partial charge is 0.345 e. The Bertz CT molecular complexity index is 196. The van der Waals surface area contributed by atoms with E-state index in [-0.39, 0.29) is 12.5 Å². The molecule has 5 heteroatoms. The van der Waals surface area contributed by atoms with Crippen LogP contribution in [0.25, 0.3) is 0 Å². The highest BCUT2D eigenvalue weighted by Gasteiger charge is 2.37. The van der Waals surface area contributed by atoms with Crippen LogP contribution in [0, 0.1) is 5.92 Å². The Morgan fingerprint density at radius 2 is 2.00 bits per heavy atom. The lowest BCUT2D eigenvalue weighted by Crippen LogP contribution is -2.36. The van der Waals surface area contributed by atoms with Crippen molar-refractivity contribution in [3.63, 3.8) is 0 Å². The highest BCUT2D eigenvalue weighted by molar-refractivity contribution is 5.81. The summed E-state index contributed by atoms with van der Waals surface area (Å²) in [6.45, 7) is 3.70. The third kappa shape index (κ3) is 6.19. The maximum Gasteiger partial charge on any atom is 0.471 e. The van der Waals surface area contributed by atoms with Gasteiger partial charge in [0, 0.05) is 6.54 Å². The fourth-order valence-electron chi connectivity index (χ4n) is 0.592. The van der Waals surface area contributed by atoms with Crippen molar-refractivity contribution in [2.45, 2.75) is 20.0 Å². The molecule has 0 aliphatic carbocycles. The number of alkyl halides is 3. The molecule has 0 fully saturated rings. The third-order valence-electron chi connectivity index (χ3n) is 1.16. The van der Waals surface area contributed by atoms with Crippen LogP contribution in [0.15, 0.2) is 12.2 Å². The molecular formula is C8H12F3NO. The van der Waals surface area contributed by atoms with Crippen LogP contribution in [0.4, 0.5) is 13.2 Å². The van der Waals surface area contributed by atoms with Crippen LogP contribution in [0.3, 0.4) is 0 Å². The van der Waals surface area contributed by atoms with Crippen molar-refractivity contribution in [2.75, 3.05) is 6.54 Å². The number of amides is 1. The average molecular weight is 195 g/mol. The molecule has 1 amide bonds. The molecule has 0 heterocycles. The molecule has 1 N–H and O–H groups in total. The van der Waals surface area contributed by atoms with Gasteiger partial charge in [-0.2, -0.15) is 13.2 Å². The summed E-state index contributed by atoms with van der Waals surface area (Å²) in [5.74, 6) is -1.64. The van der Waals surface area contributed by atoms with Crippen molar-refractivity contribution in [1.29, 1.82) is 0 Å². The van der Waals surface area contributed by atoms with E-state index in [0.29, 0.717) is 0 Å². The molecule has 0 aromatic carbocycles. The summed E-state index contributed by atoms with van der Waals surface area (Å²) in [5.41, 5.74) is 0. The lowest BCUT2D eigenvalue weighted by molar-refractivity contribution is -0.173. The Morgan fingerprint density at radius 3 is 2.38 bits per heavy atom. The van der Waals surface area contributed by atoms with E-state index >= 15 is 0 Å². The largest absolute Gasteiger partial charge is 0.471 e. The van der Waals surface area contributed by atoms with E-state index in [1.807, 2.05) is 13.8 Å². The predicted octanol–water partition coefficient (Wildman–Crippen LogP) is 1.88. The quantitative estimate of drug-likeness (QED) is 0.684. The first-order valence-corrected chi connectivity index (χ1v) is 3.85. The van der Waals surface area contributed by atoms with Gasteiger partial charge in [0.05, 0.1) is 0 Å². The van der Waals surface area contributed by atoms with E-state index < -0.39 is 12.1 Å². The molecular weight excluding hydrogens is 183 g/mol. The molecule has 76 valence electrons. The Hall–Kier alpha value is -1.00. The fourth-order valence-corrected chi connectivity index (χ4v) is 0.592. The number of rotatable bonds is 3. The second-order valence-electron chi connectivity index (χ2n) is 2.88. The Labute approximate surface area is 74.8 Å². The van der Waals surface area contributed by atoms with Gasteiger partial charge in [0.15, 0.2) is 0 Å². The van der Waals surface area contributed by atoms with E-state index in [0.717, 1.165) is 0 Å². The van der Waals surface area contributed by atoms with Crippen LogP contribution in [-0.4, -0.2) is 18.6 Å². The maximum atomic E-state index is 11.6. The number of halogens is 3. The summed E-state index contributed by atoms with van der Waals surface area (Å²) >= 11 is 0. The Morgan fingerprint density at radius 1 is 1.46 bits per heavy atom. The molecule has 0 atom stereocenters. The van der Waals surface area contributed by atoms with Crippen LogP contribution in [0.5, 0.6) is 0 Å². The van der Waals surface area contributed by atoms with E-state index in [4.69, 9.17) is 0 Å². The summed E-state index contributed by atoms with van der Waals surface area (Å²) in [5, 5.41) is 1.73. The Balaban J connectivity index is 3.73. The van der Waals surface area contributed by atoms with Crippen LogP contribution in [0.2, 0.25) is 0 Å². The van der Waals surface area contributed by atoms with Crippen molar-refractivity contribution < 1.29 is 18.0 Å². The van der Waals surface area contributed by atoms with Crippen molar-refractivity contribution in [1.82, 2.24) is 5.32 Å². The van der Waals surface area contributed by atoms with Crippen LogP contribution in [-0.2, 0) is 4.79 Å². The topological polar surface area (TPSA) is 29.1 Å². The zero-order chi connectivity index (χ0) is 10.5. The summed E-state index contributed by atoms with van der Waals surface area (Å²) in [6, 6.07) is 0. The second-order valence-corrected chi connectivity index (χ2v) is 2.88. The monoisotopic (exact) mass is 195 g/mol. The molecule has 0 aromatic heterocycles. The van der Waals surface area contributed by atoms with Gasteiger partial charge < -0.3 is 5.32 Å². The van der Waals surface area contributed by atoms with Crippen LogP contribution >= 0.6 is 0 Å². The van der Waals surface area contributed by atoms with Crippen molar-refractivity contribution in [3.05, 3.63) is 12.2 Å². The highest BCUT2D eigenvalue weighted by atomic mass is 19.4. The summed E-state index contributed by atoms with van der Waals surface area (Å²) in [4.78, 5) is 10.2. The standard InChI is InChI=1S/C8H12F3NO/c1-6(2)4-3-5-12-7(13)8(9,10)11/h3-4,6H,5H2,1-2H3,(H,12,13). The van der Waals surface area contributed by atoms with Crippen molar-refractivity contribution in [3.8, 4) is 0 Å². The van der Waals surface area contributed by atoms with E-state index in [1.54, 1.807) is 11.4 Å². The number of hydrogen-bond acceptors (Lipinski definition) is 1. The van der Waals surface area contributed by atoms with Gasteiger partial charge in [0.1, 0.15) is 0 Å². The van der Waals surface area contributed by atoms with Crippen LogP contribution < -0.4 is 5.32 Å².